The van der Waals surface area contributed by atoms with E-state index < -0.39 is 6.04 Å². The Morgan fingerprint density at radius 3 is 2.75 bits per heavy atom. The molecule has 9 heteroatoms. The first-order valence-corrected chi connectivity index (χ1v) is 10.4. The number of aryl methyl sites for hydroxylation is 1. The van der Waals surface area contributed by atoms with Crippen molar-refractivity contribution in [2.75, 3.05) is 37.5 Å². The lowest BCUT2D eigenvalue weighted by molar-refractivity contribution is -0.152. The molecule has 2 saturated heterocycles. The summed E-state index contributed by atoms with van der Waals surface area (Å²) >= 11 is 1.42. The van der Waals surface area contributed by atoms with Crippen molar-refractivity contribution in [2.24, 2.45) is 0 Å². The lowest BCUT2D eigenvalue weighted by Gasteiger charge is -2.33. The molecule has 1 aromatic rings. The van der Waals surface area contributed by atoms with Gasteiger partial charge in [-0.15, -0.1) is 0 Å². The highest BCUT2D eigenvalue weighted by Gasteiger charge is 2.44. The van der Waals surface area contributed by atoms with Crippen LogP contribution in [0.5, 0.6) is 0 Å². The van der Waals surface area contributed by atoms with Crippen molar-refractivity contribution in [3.05, 3.63) is 29.3 Å². The summed E-state index contributed by atoms with van der Waals surface area (Å²) in [6.07, 6.45) is 2.25. The van der Waals surface area contributed by atoms with E-state index in [0.717, 1.165) is 5.56 Å². The molecular weight excluding hydrogens is 380 g/mol. The van der Waals surface area contributed by atoms with Crippen molar-refractivity contribution in [3.63, 3.8) is 0 Å². The van der Waals surface area contributed by atoms with E-state index in [9.17, 15) is 19.2 Å². The van der Waals surface area contributed by atoms with Gasteiger partial charge in [-0.05, 0) is 37.3 Å². The van der Waals surface area contributed by atoms with Crippen molar-refractivity contribution in [2.45, 2.75) is 25.4 Å². The van der Waals surface area contributed by atoms with Crippen molar-refractivity contribution in [3.8, 4) is 0 Å². The highest BCUT2D eigenvalue weighted by molar-refractivity contribution is 7.99. The summed E-state index contributed by atoms with van der Waals surface area (Å²) in [4.78, 5) is 51.9. The molecule has 28 heavy (non-hydrogen) atoms. The number of thioether (sulfide) groups is 1. The predicted molar refractivity (Wildman–Crippen MR) is 107 cm³/mol. The highest BCUT2D eigenvalue weighted by Crippen LogP contribution is 2.24. The van der Waals surface area contributed by atoms with Crippen LogP contribution >= 0.6 is 11.8 Å². The fourth-order valence-corrected chi connectivity index (χ4v) is 3.89. The topological polar surface area (TPSA) is 98.8 Å². The summed E-state index contributed by atoms with van der Waals surface area (Å²) in [5, 5.41) is 5.73. The van der Waals surface area contributed by atoms with E-state index in [1.54, 1.807) is 30.1 Å². The zero-order valence-corrected chi connectivity index (χ0v) is 17.0. The molecule has 2 aliphatic heterocycles. The third-order valence-electron chi connectivity index (χ3n) is 5.04. The molecule has 150 valence electrons. The number of carbonyl (C=O) groups is 4. The van der Waals surface area contributed by atoms with Gasteiger partial charge in [0.2, 0.25) is 17.7 Å². The zero-order chi connectivity index (χ0) is 20.4. The fourth-order valence-electron chi connectivity index (χ4n) is 3.56. The van der Waals surface area contributed by atoms with E-state index in [1.165, 1.54) is 16.7 Å². The van der Waals surface area contributed by atoms with Crippen molar-refractivity contribution < 1.29 is 19.2 Å². The Morgan fingerprint density at radius 1 is 1.29 bits per heavy atom. The molecule has 0 saturated carbocycles. The maximum absolute atomic E-state index is 12.7. The van der Waals surface area contributed by atoms with Crippen molar-refractivity contribution >= 4 is 41.1 Å². The van der Waals surface area contributed by atoms with E-state index in [1.807, 2.05) is 13.2 Å². The van der Waals surface area contributed by atoms with E-state index in [-0.39, 0.29) is 36.2 Å². The standard InChI is InChI=1S/C19H24N4O4S/c1-11-4-5-12(6-14(11)21-16(24)10-28-3)18(26)20-13-7-15-19(27)22(2)9-17(25)23(15)8-13/h4-6,13,15H,7-10H2,1-3H3,(H,20,26)(H,21,24)/t13-,15+/m1/s1. The largest absolute Gasteiger partial charge is 0.347 e. The molecule has 8 nitrogen and oxygen atoms in total. The smallest absolute Gasteiger partial charge is 0.251 e. The molecule has 0 spiro atoms. The fraction of sp³-hybridized carbons (Fsp3) is 0.474. The maximum atomic E-state index is 12.7. The van der Waals surface area contributed by atoms with Crippen LogP contribution in [0.2, 0.25) is 0 Å². The number of anilines is 1. The van der Waals surface area contributed by atoms with Gasteiger partial charge < -0.3 is 20.4 Å². The predicted octanol–water partition coefficient (Wildman–Crippen LogP) is 0.468. The van der Waals surface area contributed by atoms with Gasteiger partial charge in [-0.2, -0.15) is 11.8 Å². The maximum Gasteiger partial charge on any atom is 0.251 e. The minimum absolute atomic E-state index is 0.0765. The molecule has 3 rings (SSSR count). The number of likely N-dealkylation sites (N-methyl/N-ethyl adjacent to an activating group) is 1. The molecule has 1 aromatic carbocycles. The monoisotopic (exact) mass is 404 g/mol. The van der Waals surface area contributed by atoms with Crippen molar-refractivity contribution in [1.82, 2.24) is 15.1 Å². The van der Waals surface area contributed by atoms with Gasteiger partial charge in [-0.25, -0.2) is 0 Å². The zero-order valence-electron chi connectivity index (χ0n) is 16.2. The van der Waals surface area contributed by atoms with Crippen LogP contribution in [0.25, 0.3) is 0 Å². The van der Waals surface area contributed by atoms with Gasteiger partial charge in [-0.3, -0.25) is 19.2 Å². The SMILES string of the molecule is CSCC(=O)Nc1cc(C(=O)N[C@@H]2C[C@H]3C(=O)N(C)CC(=O)N3C2)ccc1C. The number of fused-ring (bicyclic) bond motifs is 1. The quantitative estimate of drug-likeness (QED) is 0.743. The first-order valence-electron chi connectivity index (χ1n) is 9.05. The first-order chi connectivity index (χ1) is 13.3. The number of amides is 4. The number of rotatable bonds is 5. The van der Waals surface area contributed by atoms with E-state index in [0.29, 0.717) is 30.0 Å². The molecule has 4 amide bonds. The molecule has 2 heterocycles. The lowest BCUT2D eigenvalue weighted by Crippen LogP contribution is -2.55. The summed E-state index contributed by atoms with van der Waals surface area (Å²) in [5.41, 5.74) is 1.88. The number of carbonyl (C=O) groups excluding carboxylic acids is 4. The number of nitrogens with one attached hydrogen (secondary N) is 2. The van der Waals surface area contributed by atoms with Gasteiger partial charge in [0, 0.05) is 30.9 Å². The van der Waals surface area contributed by atoms with E-state index in [2.05, 4.69) is 10.6 Å². The van der Waals surface area contributed by atoms with Crippen LogP contribution in [-0.4, -0.2) is 77.7 Å². The molecule has 2 fully saturated rings. The molecule has 0 aromatic heterocycles. The van der Waals surface area contributed by atoms with E-state index in [4.69, 9.17) is 0 Å². The Morgan fingerprint density at radius 2 is 2.04 bits per heavy atom. The Balaban J connectivity index is 1.68. The normalized spacial score (nSPS) is 21.5. The molecular formula is C19H24N4O4S. The molecule has 2 aliphatic rings. The Labute approximate surface area is 168 Å². The summed E-state index contributed by atoms with van der Waals surface area (Å²) < 4.78 is 0. The number of piperazine rings is 1. The first kappa shape index (κ1) is 20.2. The van der Waals surface area contributed by atoms with Crippen molar-refractivity contribution in [1.29, 1.82) is 0 Å². The number of hydrogen-bond acceptors (Lipinski definition) is 5. The van der Waals surface area contributed by atoms with Crippen LogP contribution in [0.15, 0.2) is 18.2 Å². The Kier molecular flexibility index (Phi) is 5.93. The second kappa shape index (κ2) is 8.22. The van der Waals surface area contributed by atoms with Crippen LogP contribution in [-0.2, 0) is 14.4 Å². The molecule has 0 bridgehead atoms. The summed E-state index contributed by atoms with van der Waals surface area (Å²) in [7, 11) is 1.61. The van der Waals surface area contributed by atoms with Crippen LogP contribution in [0, 0.1) is 6.92 Å². The minimum atomic E-state index is -0.504. The molecule has 2 N–H and O–H groups in total. The minimum Gasteiger partial charge on any atom is -0.347 e. The van der Waals surface area contributed by atoms with Gasteiger partial charge >= 0.3 is 0 Å². The van der Waals surface area contributed by atoms with Gasteiger partial charge in [0.1, 0.15) is 6.04 Å². The van der Waals surface area contributed by atoms with Gasteiger partial charge in [0.05, 0.1) is 12.3 Å². The molecule has 0 radical (unpaired) electrons. The van der Waals surface area contributed by atoms with Gasteiger partial charge in [-0.1, -0.05) is 6.07 Å². The highest BCUT2D eigenvalue weighted by atomic mass is 32.2. The molecule has 0 unspecified atom stereocenters. The van der Waals surface area contributed by atoms with Crippen LogP contribution < -0.4 is 10.6 Å². The average molecular weight is 404 g/mol. The third kappa shape index (κ3) is 4.14. The van der Waals surface area contributed by atoms with Gasteiger partial charge in [0.15, 0.2) is 0 Å². The second-order valence-electron chi connectivity index (χ2n) is 7.17. The van der Waals surface area contributed by atoms with Gasteiger partial charge in [0.25, 0.3) is 5.91 Å². The Hall–Kier alpha value is -2.55. The molecule has 2 atom stereocenters. The molecule has 0 aliphatic carbocycles. The van der Waals surface area contributed by atoms with Crippen LogP contribution in [0.1, 0.15) is 22.3 Å². The number of hydrogen-bond donors (Lipinski definition) is 2. The van der Waals surface area contributed by atoms with Crippen LogP contribution in [0.4, 0.5) is 5.69 Å². The second-order valence-corrected chi connectivity index (χ2v) is 8.04. The number of benzene rings is 1. The average Bonchev–Trinajstić information content (AvgIpc) is 3.06. The third-order valence-corrected chi connectivity index (χ3v) is 5.59. The summed E-state index contributed by atoms with van der Waals surface area (Å²) in [6, 6.07) is 4.34. The lowest BCUT2D eigenvalue weighted by atomic mass is 10.1. The summed E-state index contributed by atoms with van der Waals surface area (Å²) in [5.74, 6) is -0.269. The van der Waals surface area contributed by atoms with Crippen LogP contribution in [0.3, 0.4) is 0 Å². The Bertz CT molecular complexity index is 828. The van der Waals surface area contributed by atoms with E-state index >= 15 is 0 Å². The number of nitrogens with zero attached hydrogens (tertiary/aromatic N) is 2. The summed E-state index contributed by atoms with van der Waals surface area (Å²) in [6.45, 7) is 2.27.